The molecule has 1 saturated heterocycles. The lowest BCUT2D eigenvalue weighted by Gasteiger charge is -2.11. The van der Waals surface area contributed by atoms with E-state index >= 15 is 0 Å². The Labute approximate surface area is 155 Å². The molecule has 1 aromatic heterocycles. The van der Waals surface area contributed by atoms with Crippen molar-refractivity contribution < 1.29 is 24.2 Å². The smallest absolute Gasteiger partial charge is 0.329 e. The molecule has 140 valence electrons. The van der Waals surface area contributed by atoms with Crippen LogP contribution in [0.3, 0.4) is 0 Å². The summed E-state index contributed by atoms with van der Waals surface area (Å²) in [7, 11) is 1.60. The van der Waals surface area contributed by atoms with Crippen LogP contribution >= 0.6 is 0 Å². The predicted octanol–water partition coefficient (Wildman–Crippen LogP) is 2.08. The van der Waals surface area contributed by atoms with Crippen molar-refractivity contribution in [3.8, 4) is 11.4 Å². The van der Waals surface area contributed by atoms with E-state index in [4.69, 9.17) is 9.84 Å². The Morgan fingerprint density at radius 2 is 2.00 bits per heavy atom. The lowest BCUT2D eigenvalue weighted by atomic mass is 10.2. The van der Waals surface area contributed by atoms with Crippen LogP contribution < -0.4 is 10.1 Å². The van der Waals surface area contributed by atoms with E-state index in [-0.39, 0.29) is 5.70 Å². The first-order valence-corrected chi connectivity index (χ1v) is 8.21. The fraction of sp³-hybridized carbons (Fsp3) is 0.211. The number of carboxylic acids is 1. The maximum Gasteiger partial charge on any atom is 0.329 e. The molecule has 0 atom stereocenters. The van der Waals surface area contributed by atoms with Gasteiger partial charge in [0.15, 0.2) is 0 Å². The number of carbonyl (C=O) groups is 3. The number of nitrogens with zero attached hydrogens (tertiary/aromatic N) is 2. The van der Waals surface area contributed by atoms with E-state index in [1.54, 1.807) is 13.2 Å². The number of amides is 3. The van der Waals surface area contributed by atoms with Gasteiger partial charge in [0.05, 0.1) is 7.11 Å². The molecule has 0 radical (unpaired) electrons. The first-order valence-electron chi connectivity index (χ1n) is 8.21. The van der Waals surface area contributed by atoms with Crippen LogP contribution in [0.1, 0.15) is 17.0 Å². The fourth-order valence-corrected chi connectivity index (χ4v) is 3.09. The molecule has 2 N–H and O–H groups in total. The lowest BCUT2D eigenvalue weighted by Crippen LogP contribution is -2.35. The van der Waals surface area contributed by atoms with E-state index in [9.17, 15) is 14.4 Å². The van der Waals surface area contributed by atoms with Crippen LogP contribution in [0.4, 0.5) is 4.79 Å². The zero-order valence-corrected chi connectivity index (χ0v) is 15.1. The number of nitrogens with one attached hydrogen (secondary N) is 1. The summed E-state index contributed by atoms with van der Waals surface area (Å²) in [6.07, 6.45) is 1.56. The van der Waals surface area contributed by atoms with Gasteiger partial charge in [-0.25, -0.2) is 9.69 Å². The van der Waals surface area contributed by atoms with Crippen molar-refractivity contribution in [1.29, 1.82) is 0 Å². The molecular weight excluding hydrogens is 350 g/mol. The molecule has 1 aliphatic rings. The molecule has 1 fully saturated rings. The highest BCUT2D eigenvalue weighted by atomic mass is 16.5. The SMILES string of the molecule is COc1cccc(-n2c(C)cc(/C=C3\NC(=O)N(CC(=O)O)C3=O)c2C)c1. The molecule has 2 aromatic rings. The van der Waals surface area contributed by atoms with Gasteiger partial charge in [0.2, 0.25) is 0 Å². The van der Waals surface area contributed by atoms with Gasteiger partial charge < -0.3 is 19.7 Å². The lowest BCUT2D eigenvalue weighted by molar-refractivity contribution is -0.140. The van der Waals surface area contributed by atoms with Gasteiger partial charge in [-0.1, -0.05) is 6.07 Å². The summed E-state index contributed by atoms with van der Waals surface area (Å²) in [5.74, 6) is -1.19. The number of methoxy groups -OCH3 is 1. The van der Waals surface area contributed by atoms with Crippen molar-refractivity contribution in [3.63, 3.8) is 0 Å². The zero-order valence-electron chi connectivity index (χ0n) is 15.1. The van der Waals surface area contributed by atoms with Gasteiger partial charge in [0.25, 0.3) is 5.91 Å². The van der Waals surface area contributed by atoms with Crippen LogP contribution in [0, 0.1) is 13.8 Å². The molecule has 0 bridgehead atoms. The highest BCUT2D eigenvalue weighted by Crippen LogP contribution is 2.25. The summed E-state index contributed by atoms with van der Waals surface area (Å²) in [4.78, 5) is 35.6. The van der Waals surface area contributed by atoms with Gasteiger partial charge >= 0.3 is 12.0 Å². The minimum atomic E-state index is -1.25. The van der Waals surface area contributed by atoms with Crippen LogP contribution in [0.5, 0.6) is 5.75 Å². The Kier molecular flexibility index (Phi) is 4.72. The second-order valence-corrected chi connectivity index (χ2v) is 6.14. The van der Waals surface area contributed by atoms with Crippen molar-refractivity contribution >= 4 is 24.0 Å². The third kappa shape index (κ3) is 3.41. The number of aromatic nitrogens is 1. The molecule has 1 aliphatic heterocycles. The third-order valence-electron chi connectivity index (χ3n) is 4.34. The van der Waals surface area contributed by atoms with E-state index in [1.165, 1.54) is 0 Å². The molecular formula is C19H19N3O5. The van der Waals surface area contributed by atoms with Gasteiger partial charge in [-0.15, -0.1) is 0 Å². The average molecular weight is 369 g/mol. The number of hydrogen-bond acceptors (Lipinski definition) is 4. The number of ether oxygens (including phenoxy) is 1. The Bertz CT molecular complexity index is 974. The molecule has 8 heteroatoms. The number of carboxylic acid groups (broad SMARTS) is 1. The van der Waals surface area contributed by atoms with E-state index in [2.05, 4.69) is 5.32 Å². The number of aryl methyl sites for hydroxylation is 1. The standard InChI is InChI=1S/C19H19N3O5/c1-11-7-13(8-16-18(25)21(10-17(23)24)19(26)20-16)12(2)22(11)14-5-4-6-15(9-14)27-3/h4-9H,10H2,1-3H3,(H,20,26)(H,23,24)/b16-8-. The second kappa shape index (κ2) is 6.99. The maximum atomic E-state index is 12.3. The highest BCUT2D eigenvalue weighted by Gasteiger charge is 2.35. The normalized spacial score (nSPS) is 15.4. The number of rotatable bonds is 5. The van der Waals surface area contributed by atoms with Gasteiger partial charge in [-0.2, -0.15) is 0 Å². The number of aliphatic carboxylic acids is 1. The molecule has 2 heterocycles. The zero-order chi connectivity index (χ0) is 19.7. The number of urea groups is 1. The summed E-state index contributed by atoms with van der Waals surface area (Å²) >= 11 is 0. The van der Waals surface area contributed by atoms with Crippen LogP contribution in [0.25, 0.3) is 11.8 Å². The maximum absolute atomic E-state index is 12.3. The first kappa shape index (κ1) is 18.2. The molecule has 8 nitrogen and oxygen atoms in total. The number of hydrogen-bond donors (Lipinski definition) is 2. The van der Waals surface area contributed by atoms with Crippen LogP contribution in [0.15, 0.2) is 36.0 Å². The van der Waals surface area contributed by atoms with Gasteiger partial charge in [-0.05, 0) is 43.7 Å². The number of benzene rings is 1. The minimum Gasteiger partial charge on any atom is -0.497 e. The Morgan fingerprint density at radius 3 is 2.67 bits per heavy atom. The molecule has 3 amide bonds. The van der Waals surface area contributed by atoms with Crippen LogP contribution in [-0.2, 0) is 9.59 Å². The molecule has 0 spiro atoms. The minimum absolute atomic E-state index is 0.0483. The van der Waals surface area contributed by atoms with Crippen molar-refractivity contribution in [2.24, 2.45) is 0 Å². The molecule has 0 saturated carbocycles. The molecule has 27 heavy (non-hydrogen) atoms. The molecule has 0 unspecified atom stereocenters. The summed E-state index contributed by atoms with van der Waals surface area (Å²) < 4.78 is 7.27. The Balaban J connectivity index is 1.97. The van der Waals surface area contributed by atoms with Crippen LogP contribution in [0.2, 0.25) is 0 Å². The van der Waals surface area contributed by atoms with E-state index in [0.717, 1.165) is 28.4 Å². The van der Waals surface area contributed by atoms with Crippen molar-refractivity contribution in [2.45, 2.75) is 13.8 Å². The van der Waals surface area contributed by atoms with Gasteiger partial charge in [0, 0.05) is 23.1 Å². The van der Waals surface area contributed by atoms with Crippen molar-refractivity contribution in [3.05, 3.63) is 53.0 Å². The number of imide groups is 1. The summed E-state index contributed by atoms with van der Waals surface area (Å²) in [5, 5.41) is 11.3. The molecule has 1 aromatic carbocycles. The number of carbonyl (C=O) groups excluding carboxylic acids is 2. The Hall–Kier alpha value is -3.55. The van der Waals surface area contributed by atoms with Crippen molar-refractivity contribution in [1.82, 2.24) is 14.8 Å². The molecule has 3 rings (SSSR count). The van der Waals surface area contributed by atoms with Crippen LogP contribution in [-0.4, -0.2) is 46.1 Å². The first-order chi connectivity index (χ1) is 12.8. The van der Waals surface area contributed by atoms with E-state index in [1.807, 2.05) is 48.7 Å². The molecule has 0 aliphatic carbocycles. The van der Waals surface area contributed by atoms with Crippen molar-refractivity contribution in [2.75, 3.05) is 13.7 Å². The average Bonchev–Trinajstić information content (AvgIpc) is 3.05. The monoisotopic (exact) mass is 369 g/mol. The second-order valence-electron chi connectivity index (χ2n) is 6.14. The van der Waals surface area contributed by atoms with Gasteiger partial charge in [0.1, 0.15) is 18.0 Å². The summed E-state index contributed by atoms with van der Waals surface area (Å²) in [6.45, 7) is 3.15. The highest BCUT2D eigenvalue weighted by molar-refractivity contribution is 6.15. The largest absolute Gasteiger partial charge is 0.497 e. The predicted molar refractivity (Wildman–Crippen MR) is 97.7 cm³/mol. The summed E-state index contributed by atoms with van der Waals surface area (Å²) in [5.41, 5.74) is 3.50. The quantitative estimate of drug-likeness (QED) is 0.621. The van der Waals surface area contributed by atoms with E-state index in [0.29, 0.717) is 4.90 Å². The third-order valence-corrected chi connectivity index (χ3v) is 4.34. The topological polar surface area (TPSA) is 101 Å². The Morgan fingerprint density at radius 1 is 1.26 bits per heavy atom. The van der Waals surface area contributed by atoms with Gasteiger partial charge in [-0.3, -0.25) is 9.59 Å². The summed E-state index contributed by atoms with van der Waals surface area (Å²) in [6, 6.07) is 8.72. The fourth-order valence-electron chi connectivity index (χ4n) is 3.09. The van der Waals surface area contributed by atoms with E-state index < -0.39 is 24.5 Å².